The summed E-state index contributed by atoms with van der Waals surface area (Å²) in [6, 6.07) is -16.7. The molecule has 0 aliphatic heterocycles. The highest BCUT2D eigenvalue weighted by Crippen LogP contribution is 2.43. The molecule has 0 saturated carbocycles. The Morgan fingerprint density at radius 1 is 0.367 bits per heavy atom. The third-order valence-electron chi connectivity index (χ3n) is 4.62. The Hall–Kier alpha value is -3.90. The zero-order chi connectivity index (χ0) is 37.3. The lowest BCUT2D eigenvalue weighted by Gasteiger charge is -2.18. The monoisotopic (exact) mass is 400 g/mol. The molecule has 0 bridgehead atoms. The molecule has 0 amide bonds. The van der Waals surface area contributed by atoms with E-state index < -0.39 is 175 Å². The van der Waals surface area contributed by atoms with Gasteiger partial charge in [0.05, 0.1) is 27.4 Å². The van der Waals surface area contributed by atoms with E-state index in [2.05, 4.69) is 0 Å². The van der Waals surface area contributed by atoms with Crippen molar-refractivity contribution in [3.8, 4) is 22.3 Å². The lowest BCUT2D eigenvalue weighted by Crippen LogP contribution is -1.90. The van der Waals surface area contributed by atoms with Crippen molar-refractivity contribution in [2.24, 2.45) is 0 Å². The highest BCUT2D eigenvalue weighted by atomic mass is 14.2. The van der Waals surface area contributed by atoms with E-state index in [1.807, 2.05) is 0 Å². The first-order chi connectivity index (χ1) is 23.2. The standard InChI is InChI=1S/C30H20/c1-2-11-22(12-3-1)29-25-14-6-8-16-27(25)30(28-17-9-7-15-26(28)29)24-19-18-21-10-4-5-13-23(21)20-24/h1-20H/i1D,2D,3D,4D,5D,6D,7D,8D,9D,10D,11D,12D,13D,14D,15D,16D,17D,18D,19D,20D. The van der Waals surface area contributed by atoms with Crippen molar-refractivity contribution in [2.45, 2.75) is 0 Å². The maximum atomic E-state index is 9.21. The molecule has 0 aliphatic rings. The zero-order valence-electron chi connectivity index (χ0n) is 35.0. The molecule has 6 rings (SSSR count). The third kappa shape index (κ3) is 2.62. The highest BCUT2D eigenvalue weighted by Gasteiger charge is 2.16. The molecule has 6 aromatic rings. The van der Waals surface area contributed by atoms with Gasteiger partial charge in [0.1, 0.15) is 0 Å². The fraction of sp³-hybridized carbons (Fsp3) is 0. The molecule has 30 heavy (non-hydrogen) atoms. The molecule has 0 unspecified atom stereocenters. The molecular formula is C30H20. The first-order valence-corrected chi connectivity index (χ1v) is 8.75. The van der Waals surface area contributed by atoms with E-state index in [-0.39, 0.29) is 0 Å². The van der Waals surface area contributed by atoms with E-state index in [4.69, 9.17) is 26.0 Å². The number of hydrogen-bond acceptors (Lipinski definition) is 0. The lowest BCUT2D eigenvalue weighted by molar-refractivity contribution is 1.66. The van der Waals surface area contributed by atoms with Gasteiger partial charge in [-0.15, -0.1) is 0 Å². The van der Waals surface area contributed by atoms with Crippen molar-refractivity contribution in [3.05, 3.63) is 121 Å². The summed E-state index contributed by atoms with van der Waals surface area (Å²) < 4.78 is 172. The van der Waals surface area contributed by atoms with Gasteiger partial charge in [0.25, 0.3) is 0 Å². The Labute approximate surface area is 204 Å². The van der Waals surface area contributed by atoms with Crippen LogP contribution in [-0.4, -0.2) is 0 Å². The fourth-order valence-electron chi connectivity index (χ4n) is 3.41. The topological polar surface area (TPSA) is 0 Å². The SMILES string of the molecule is [2H]c1c([2H])c([2H])c(-c2c3c([2H])c([2H])c([2H])c([2H])c3c(-c3c([2H])c([2H])c4c([2H])c([2H])c([2H])c([2H])c4c3[2H])c3c([2H])c([2H])c([2H])c([2H])c23)c([2H])c1[2H]. The van der Waals surface area contributed by atoms with Crippen molar-refractivity contribution in [1.29, 1.82) is 0 Å². The molecule has 140 valence electrons. The van der Waals surface area contributed by atoms with Crippen LogP contribution in [0.5, 0.6) is 0 Å². The Bertz CT molecular complexity index is 2480. The molecule has 0 radical (unpaired) electrons. The van der Waals surface area contributed by atoms with E-state index in [1.165, 1.54) is 0 Å². The van der Waals surface area contributed by atoms with Crippen LogP contribution in [0.1, 0.15) is 27.4 Å². The minimum Gasteiger partial charge on any atom is -0.0622 e. The van der Waals surface area contributed by atoms with Gasteiger partial charge in [-0.25, -0.2) is 0 Å². The van der Waals surface area contributed by atoms with Gasteiger partial charge in [-0.2, -0.15) is 0 Å². The Morgan fingerprint density at radius 3 is 1.43 bits per heavy atom. The maximum Gasteiger partial charge on any atom is 0.0636 e. The number of benzene rings is 6. The van der Waals surface area contributed by atoms with Gasteiger partial charge in [0.2, 0.25) is 0 Å². The van der Waals surface area contributed by atoms with Crippen molar-refractivity contribution >= 4 is 32.3 Å². The largest absolute Gasteiger partial charge is 0.0636 e. The molecule has 6 aromatic carbocycles. The summed E-state index contributed by atoms with van der Waals surface area (Å²) in [5.74, 6) is 0. The second-order valence-corrected chi connectivity index (χ2v) is 6.25. The van der Waals surface area contributed by atoms with Crippen molar-refractivity contribution in [3.63, 3.8) is 0 Å². The molecule has 0 heteroatoms. The summed E-state index contributed by atoms with van der Waals surface area (Å²) in [4.78, 5) is 0. The zero-order valence-corrected chi connectivity index (χ0v) is 15.0. The predicted molar refractivity (Wildman–Crippen MR) is 130 cm³/mol. The van der Waals surface area contributed by atoms with Crippen LogP contribution in [0.15, 0.2) is 121 Å². The molecule has 0 saturated heterocycles. The van der Waals surface area contributed by atoms with Crippen LogP contribution in [0.3, 0.4) is 0 Å². The van der Waals surface area contributed by atoms with E-state index in [0.717, 1.165) is 0 Å². The van der Waals surface area contributed by atoms with Gasteiger partial charge in [-0.1, -0.05) is 115 Å². The van der Waals surface area contributed by atoms with Crippen LogP contribution in [0, 0.1) is 0 Å². The number of fused-ring (bicyclic) bond motifs is 3. The lowest BCUT2D eigenvalue weighted by atomic mass is 9.85. The summed E-state index contributed by atoms with van der Waals surface area (Å²) in [5.41, 5.74) is -2.46. The molecule has 0 spiro atoms. The predicted octanol–water partition coefficient (Wildman–Crippen LogP) is 8.48. The fourth-order valence-corrected chi connectivity index (χ4v) is 3.41. The minimum absolute atomic E-state index is 0.497. The average Bonchev–Trinajstić information content (AvgIpc) is 3.08. The summed E-state index contributed by atoms with van der Waals surface area (Å²) in [6.45, 7) is 0. The summed E-state index contributed by atoms with van der Waals surface area (Å²) in [5, 5.41) is -3.37. The van der Waals surface area contributed by atoms with Crippen molar-refractivity contribution in [2.75, 3.05) is 0 Å². The summed E-state index contributed by atoms with van der Waals surface area (Å²) in [7, 11) is 0. The summed E-state index contributed by atoms with van der Waals surface area (Å²) >= 11 is 0. The molecule has 0 aliphatic carbocycles. The molecule has 0 fully saturated rings. The normalized spacial score (nSPS) is 20.7. The van der Waals surface area contributed by atoms with Gasteiger partial charge in [-0.05, 0) is 60.6 Å². The number of rotatable bonds is 2. The molecule has 0 N–H and O–H groups in total. The van der Waals surface area contributed by atoms with E-state index in [0.29, 0.717) is 0 Å². The molecule has 0 heterocycles. The van der Waals surface area contributed by atoms with Crippen LogP contribution < -0.4 is 0 Å². The Balaban J connectivity index is 2.11. The quantitative estimate of drug-likeness (QED) is 0.256. The van der Waals surface area contributed by atoms with Gasteiger partial charge in [-0.3, -0.25) is 0 Å². The van der Waals surface area contributed by atoms with Crippen LogP contribution in [0.4, 0.5) is 0 Å². The molecule has 0 aromatic heterocycles. The van der Waals surface area contributed by atoms with E-state index in [9.17, 15) is 1.37 Å². The maximum absolute atomic E-state index is 9.21. The summed E-state index contributed by atoms with van der Waals surface area (Å²) in [6.07, 6.45) is 0. The second kappa shape index (κ2) is 6.86. The minimum atomic E-state index is -0.872. The van der Waals surface area contributed by atoms with E-state index in [1.54, 1.807) is 0 Å². The Morgan fingerprint density at radius 2 is 0.833 bits per heavy atom. The van der Waals surface area contributed by atoms with Gasteiger partial charge in [0, 0.05) is 0 Å². The third-order valence-corrected chi connectivity index (χ3v) is 4.62. The number of hydrogen-bond donors (Lipinski definition) is 0. The molecule has 0 nitrogen and oxygen atoms in total. The van der Waals surface area contributed by atoms with Crippen molar-refractivity contribution in [1.82, 2.24) is 0 Å². The molecular weight excluding hydrogens is 360 g/mol. The van der Waals surface area contributed by atoms with E-state index >= 15 is 0 Å². The molecule has 0 atom stereocenters. The smallest absolute Gasteiger partial charge is 0.0622 e. The van der Waals surface area contributed by atoms with Gasteiger partial charge in [0.15, 0.2) is 0 Å². The van der Waals surface area contributed by atoms with Crippen LogP contribution in [-0.2, 0) is 0 Å². The Kier molecular flexibility index (Phi) is 1.44. The highest BCUT2D eigenvalue weighted by molar-refractivity contribution is 6.21. The van der Waals surface area contributed by atoms with Crippen LogP contribution >= 0.6 is 0 Å². The van der Waals surface area contributed by atoms with Gasteiger partial charge >= 0.3 is 0 Å². The van der Waals surface area contributed by atoms with Crippen LogP contribution in [0.25, 0.3) is 54.6 Å². The van der Waals surface area contributed by atoms with Crippen molar-refractivity contribution < 1.29 is 27.4 Å². The van der Waals surface area contributed by atoms with Gasteiger partial charge < -0.3 is 0 Å². The average molecular weight is 401 g/mol. The first kappa shape index (κ1) is 6.30. The first-order valence-electron chi connectivity index (χ1n) is 18.8. The van der Waals surface area contributed by atoms with Crippen LogP contribution in [0.2, 0.25) is 0 Å². The second-order valence-electron chi connectivity index (χ2n) is 6.25.